The third kappa shape index (κ3) is 5.07. The topological polar surface area (TPSA) is 75.6 Å². The zero-order valence-electron chi connectivity index (χ0n) is 14.7. The first kappa shape index (κ1) is 19.0. The lowest BCUT2D eigenvalue weighted by Crippen LogP contribution is -2.42. The Balaban J connectivity index is 1.55. The van der Waals surface area contributed by atoms with E-state index in [0.29, 0.717) is 6.54 Å². The summed E-state index contributed by atoms with van der Waals surface area (Å²) >= 11 is 0. The van der Waals surface area contributed by atoms with Crippen LogP contribution in [0.25, 0.3) is 0 Å². The van der Waals surface area contributed by atoms with Crippen molar-refractivity contribution in [3.8, 4) is 0 Å². The van der Waals surface area contributed by atoms with E-state index in [0.717, 1.165) is 12.8 Å². The molecule has 1 amide bonds. The Bertz CT molecular complexity index is 449. The molecule has 0 aromatic rings. The van der Waals surface area contributed by atoms with E-state index in [4.69, 9.17) is 4.74 Å². The van der Waals surface area contributed by atoms with Crippen molar-refractivity contribution in [2.75, 3.05) is 6.54 Å². The maximum Gasteiger partial charge on any atom is 0.310 e. The smallest absolute Gasteiger partial charge is 0.310 e. The van der Waals surface area contributed by atoms with Gasteiger partial charge in [-0.2, -0.15) is 0 Å². The quantitative estimate of drug-likeness (QED) is 0.423. The van der Waals surface area contributed by atoms with Gasteiger partial charge in [0.2, 0.25) is 5.91 Å². The van der Waals surface area contributed by atoms with E-state index in [1.54, 1.807) is 6.08 Å². The molecule has 4 atom stereocenters. The summed E-state index contributed by atoms with van der Waals surface area (Å²) in [6.07, 6.45) is 13.9. The Labute approximate surface area is 144 Å². The van der Waals surface area contributed by atoms with Crippen molar-refractivity contribution in [3.05, 3.63) is 12.2 Å². The molecule has 1 saturated heterocycles. The van der Waals surface area contributed by atoms with Crippen LogP contribution in [0.4, 0.5) is 0 Å². The van der Waals surface area contributed by atoms with Gasteiger partial charge >= 0.3 is 5.97 Å². The van der Waals surface area contributed by atoms with Crippen LogP contribution in [0, 0.1) is 11.8 Å². The standard InChI is InChI=1S/C19H31NO4/c1-2-3-4-5-6-7-8-9-10-13-20-18(21)16-14-11-12-15(24-14)17(16)19(22)23/h11-12,14-17H,2-10,13H2,1H3,(H,20,21)(H,22,23). The van der Waals surface area contributed by atoms with Crippen molar-refractivity contribution in [1.29, 1.82) is 0 Å². The number of rotatable bonds is 12. The number of hydrogen-bond donors (Lipinski definition) is 2. The molecule has 4 unspecified atom stereocenters. The highest BCUT2D eigenvalue weighted by Gasteiger charge is 2.53. The van der Waals surface area contributed by atoms with E-state index in [1.807, 2.05) is 6.08 Å². The Morgan fingerprint density at radius 3 is 2.04 bits per heavy atom. The summed E-state index contributed by atoms with van der Waals surface area (Å²) < 4.78 is 5.53. The molecule has 2 heterocycles. The van der Waals surface area contributed by atoms with Gasteiger partial charge in [0, 0.05) is 6.54 Å². The average Bonchev–Trinajstić information content (AvgIpc) is 3.17. The van der Waals surface area contributed by atoms with Crippen LogP contribution in [-0.4, -0.2) is 35.7 Å². The van der Waals surface area contributed by atoms with Gasteiger partial charge in [-0.1, -0.05) is 70.4 Å². The predicted molar refractivity (Wildman–Crippen MR) is 92.7 cm³/mol. The van der Waals surface area contributed by atoms with Gasteiger partial charge < -0.3 is 15.2 Å². The predicted octanol–water partition coefficient (Wildman–Crippen LogP) is 3.29. The molecule has 2 N–H and O–H groups in total. The van der Waals surface area contributed by atoms with E-state index < -0.39 is 23.9 Å². The lowest BCUT2D eigenvalue weighted by Gasteiger charge is -2.20. The van der Waals surface area contributed by atoms with Crippen LogP contribution < -0.4 is 5.32 Å². The molecule has 2 bridgehead atoms. The van der Waals surface area contributed by atoms with Crippen molar-refractivity contribution in [2.45, 2.75) is 76.9 Å². The molecule has 1 fully saturated rings. The number of unbranched alkanes of at least 4 members (excludes halogenated alkanes) is 8. The van der Waals surface area contributed by atoms with E-state index in [1.165, 1.54) is 44.9 Å². The van der Waals surface area contributed by atoms with Crippen LogP contribution in [0.1, 0.15) is 64.7 Å². The van der Waals surface area contributed by atoms with Crippen LogP contribution in [0.3, 0.4) is 0 Å². The Kier molecular flexibility index (Phi) is 7.76. The monoisotopic (exact) mass is 337 g/mol. The maximum atomic E-state index is 12.3. The molecule has 5 nitrogen and oxygen atoms in total. The number of carboxylic acids is 1. The van der Waals surface area contributed by atoms with Gasteiger partial charge in [-0.15, -0.1) is 0 Å². The minimum Gasteiger partial charge on any atom is -0.481 e. The van der Waals surface area contributed by atoms with Crippen LogP contribution in [0.15, 0.2) is 12.2 Å². The third-order valence-electron chi connectivity index (χ3n) is 5.07. The summed E-state index contributed by atoms with van der Waals surface area (Å²) in [5.41, 5.74) is 0. The number of carbonyl (C=O) groups is 2. The summed E-state index contributed by atoms with van der Waals surface area (Å²) in [6, 6.07) is 0. The number of ether oxygens (including phenoxy) is 1. The fourth-order valence-electron chi connectivity index (χ4n) is 3.68. The molecular weight excluding hydrogens is 306 g/mol. The van der Waals surface area contributed by atoms with Gasteiger partial charge in [0.05, 0.1) is 18.1 Å². The van der Waals surface area contributed by atoms with E-state index in [2.05, 4.69) is 12.2 Å². The molecule has 2 rings (SSSR count). The molecule has 136 valence electrons. The maximum absolute atomic E-state index is 12.3. The molecule has 5 heteroatoms. The number of carboxylic acid groups (broad SMARTS) is 1. The summed E-state index contributed by atoms with van der Waals surface area (Å²) in [5, 5.41) is 12.2. The molecule has 0 aliphatic carbocycles. The third-order valence-corrected chi connectivity index (χ3v) is 5.07. The summed E-state index contributed by atoms with van der Waals surface area (Å²) in [4.78, 5) is 23.7. The summed E-state index contributed by atoms with van der Waals surface area (Å²) in [5.74, 6) is -2.46. The van der Waals surface area contributed by atoms with Gasteiger partial charge in [0.1, 0.15) is 5.92 Å². The first-order chi connectivity index (χ1) is 11.6. The van der Waals surface area contributed by atoms with Gasteiger partial charge in [0.25, 0.3) is 0 Å². The molecule has 2 aliphatic heterocycles. The van der Waals surface area contributed by atoms with Crippen LogP contribution in [-0.2, 0) is 14.3 Å². The Morgan fingerprint density at radius 2 is 1.46 bits per heavy atom. The number of aliphatic carboxylic acids is 1. The number of fused-ring (bicyclic) bond motifs is 2. The highest BCUT2D eigenvalue weighted by molar-refractivity contribution is 5.87. The average molecular weight is 337 g/mol. The van der Waals surface area contributed by atoms with Crippen molar-refractivity contribution in [3.63, 3.8) is 0 Å². The van der Waals surface area contributed by atoms with Crippen molar-refractivity contribution in [2.24, 2.45) is 11.8 Å². The van der Waals surface area contributed by atoms with Gasteiger partial charge in [-0.3, -0.25) is 9.59 Å². The Morgan fingerprint density at radius 1 is 0.917 bits per heavy atom. The van der Waals surface area contributed by atoms with E-state index >= 15 is 0 Å². The van der Waals surface area contributed by atoms with Gasteiger partial charge in [-0.25, -0.2) is 0 Å². The SMILES string of the molecule is CCCCCCCCCCCNC(=O)C1C2C=CC(O2)C1C(=O)O. The molecule has 0 aromatic carbocycles. The lowest BCUT2D eigenvalue weighted by atomic mass is 9.82. The van der Waals surface area contributed by atoms with E-state index in [-0.39, 0.29) is 12.0 Å². The molecule has 0 aromatic heterocycles. The Hall–Kier alpha value is -1.36. The lowest BCUT2D eigenvalue weighted by molar-refractivity contribution is -0.146. The number of amides is 1. The fraction of sp³-hybridized carbons (Fsp3) is 0.789. The molecule has 0 saturated carbocycles. The minimum atomic E-state index is -0.949. The largest absolute Gasteiger partial charge is 0.481 e. The van der Waals surface area contributed by atoms with Gasteiger partial charge in [-0.05, 0) is 6.42 Å². The second-order valence-electron chi connectivity index (χ2n) is 6.96. The summed E-state index contributed by atoms with van der Waals surface area (Å²) in [6.45, 7) is 2.85. The van der Waals surface area contributed by atoms with Crippen LogP contribution >= 0.6 is 0 Å². The first-order valence-corrected chi connectivity index (χ1v) is 9.49. The van der Waals surface area contributed by atoms with Crippen LogP contribution in [0.5, 0.6) is 0 Å². The molecule has 0 spiro atoms. The molecule has 2 aliphatic rings. The number of nitrogens with one attached hydrogen (secondary N) is 1. The van der Waals surface area contributed by atoms with E-state index in [9.17, 15) is 14.7 Å². The fourth-order valence-corrected chi connectivity index (χ4v) is 3.68. The van der Waals surface area contributed by atoms with Crippen LogP contribution in [0.2, 0.25) is 0 Å². The van der Waals surface area contributed by atoms with Crippen molar-refractivity contribution in [1.82, 2.24) is 5.32 Å². The normalized spacial score (nSPS) is 27.5. The molecule has 0 radical (unpaired) electrons. The number of carbonyl (C=O) groups excluding carboxylic acids is 1. The summed E-state index contributed by atoms with van der Waals surface area (Å²) in [7, 11) is 0. The molecular formula is C19H31NO4. The number of hydrogen-bond acceptors (Lipinski definition) is 3. The van der Waals surface area contributed by atoms with Crippen molar-refractivity contribution < 1.29 is 19.4 Å². The highest BCUT2D eigenvalue weighted by Crippen LogP contribution is 2.39. The second-order valence-corrected chi connectivity index (χ2v) is 6.96. The highest BCUT2D eigenvalue weighted by atomic mass is 16.5. The van der Waals surface area contributed by atoms with Crippen molar-refractivity contribution >= 4 is 11.9 Å². The minimum absolute atomic E-state index is 0.182. The zero-order valence-corrected chi connectivity index (χ0v) is 14.7. The zero-order chi connectivity index (χ0) is 17.4. The second kappa shape index (κ2) is 9.82. The van der Waals surface area contributed by atoms with Gasteiger partial charge in [0.15, 0.2) is 0 Å². The first-order valence-electron chi connectivity index (χ1n) is 9.49. The molecule has 24 heavy (non-hydrogen) atoms.